The Kier molecular flexibility index (Phi) is 4.40. The molecule has 1 heterocycles. The molecule has 4 heteroatoms. The fourth-order valence-corrected chi connectivity index (χ4v) is 3.12. The molecule has 1 aliphatic rings. The monoisotopic (exact) mass is 266 g/mol. The number of carbonyl (C=O) groups excluding carboxylic acids is 1. The second-order valence-corrected chi connectivity index (χ2v) is 6.49. The van der Waals surface area contributed by atoms with E-state index in [1.54, 1.807) is 11.3 Å². The highest BCUT2D eigenvalue weighted by Gasteiger charge is 2.30. The normalized spacial score (nSPS) is 18.7. The molecule has 0 saturated heterocycles. The van der Waals surface area contributed by atoms with Crippen LogP contribution in [0.4, 0.5) is 0 Å². The second-order valence-electron chi connectivity index (χ2n) is 5.51. The van der Waals surface area contributed by atoms with Crippen LogP contribution in [-0.2, 0) is 4.79 Å². The molecule has 1 aromatic rings. The van der Waals surface area contributed by atoms with Crippen LogP contribution in [0.1, 0.15) is 44.0 Å². The average Bonchev–Trinajstić information content (AvgIpc) is 3.03. The van der Waals surface area contributed by atoms with Crippen LogP contribution in [0.15, 0.2) is 17.5 Å². The molecule has 0 radical (unpaired) electrons. The SMILES string of the molecule is CC(C)C(NC(=O)CC(N)C1CC1)c1cccs1. The first-order chi connectivity index (χ1) is 8.58. The summed E-state index contributed by atoms with van der Waals surface area (Å²) in [6.45, 7) is 4.26. The molecule has 0 bridgehead atoms. The lowest BCUT2D eigenvalue weighted by Crippen LogP contribution is -2.36. The highest BCUT2D eigenvalue weighted by Crippen LogP contribution is 2.33. The molecule has 2 atom stereocenters. The zero-order chi connectivity index (χ0) is 13.1. The summed E-state index contributed by atoms with van der Waals surface area (Å²) in [6, 6.07) is 4.26. The minimum Gasteiger partial charge on any atom is -0.348 e. The number of thiophene rings is 1. The molecule has 0 aliphatic heterocycles. The lowest BCUT2D eigenvalue weighted by Gasteiger charge is -2.22. The lowest BCUT2D eigenvalue weighted by atomic mass is 10.0. The van der Waals surface area contributed by atoms with Gasteiger partial charge in [0, 0.05) is 17.3 Å². The second kappa shape index (κ2) is 5.85. The average molecular weight is 266 g/mol. The van der Waals surface area contributed by atoms with Crippen LogP contribution in [0.2, 0.25) is 0 Å². The number of nitrogens with one attached hydrogen (secondary N) is 1. The summed E-state index contributed by atoms with van der Waals surface area (Å²) in [7, 11) is 0. The van der Waals surface area contributed by atoms with Crippen LogP contribution in [0, 0.1) is 11.8 Å². The molecule has 2 rings (SSSR count). The van der Waals surface area contributed by atoms with Gasteiger partial charge in [0.05, 0.1) is 6.04 Å². The van der Waals surface area contributed by atoms with Crippen molar-refractivity contribution in [2.75, 3.05) is 0 Å². The standard InChI is InChI=1S/C14H22N2OS/c1-9(2)14(12-4-3-7-18-12)16-13(17)8-11(15)10-5-6-10/h3-4,7,9-11,14H,5-6,8,15H2,1-2H3,(H,16,17). The van der Waals surface area contributed by atoms with Gasteiger partial charge in [0.2, 0.25) is 5.91 Å². The van der Waals surface area contributed by atoms with Crippen molar-refractivity contribution in [2.24, 2.45) is 17.6 Å². The first kappa shape index (κ1) is 13.6. The number of hydrogen-bond acceptors (Lipinski definition) is 3. The van der Waals surface area contributed by atoms with Gasteiger partial charge in [-0.2, -0.15) is 0 Å². The van der Waals surface area contributed by atoms with Gasteiger partial charge in [0.1, 0.15) is 0 Å². The maximum Gasteiger partial charge on any atom is 0.222 e. The van der Waals surface area contributed by atoms with Crippen LogP contribution in [-0.4, -0.2) is 11.9 Å². The Morgan fingerprint density at radius 2 is 2.28 bits per heavy atom. The molecule has 1 fully saturated rings. The fourth-order valence-electron chi connectivity index (χ4n) is 2.17. The number of rotatable bonds is 6. The molecule has 18 heavy (non-hydrogen) atoms. The van der Waals surface area contributed by atoms with Crippen molar-refractivity contribution in [2.45, 2.75) is 45.2 Å². The maximum atomic E-state index is 12.0. The third-order valence-corrected chi connectivity index (χ3v) is 4.44. The van der Waals surface area contributed by atoms with Crippen molar-refractivity contribution in [3.8, 4) is 0 Å². The van der Waals surface area contributed by atoms with Crippen LogP contribution >= 0.6 is 11.3 Å². The predicted octanol–water partition coefficient (Wildman–Crippen LogP) is 2.69. The zero-order valence-corrected chi connectivity index (χ0v) is 11.9. The molecule has 1 amide bonds. The van der Waals surface area contributed by atoms with Crippen molar-refractivity contribution in [3.05, 3.63) is 22.4 Å². The van der Waals surface area contributed by atoms with E-state index in [-0.39, 0.29) is 18.0 Å². The smallest absolute Gasteiger partial charge is 0.222 e. The van der Waals surface area contributed by atoms with E-state index in [1.807, 2.05) is 11.4 Å². The van der Waals surface area contributed by atoms with Crippen molar-refractivity contribution < 1.29 is 4.79 Å². The number of amides is 1. The van der Waals surface area contributed by atoms with Crippen molar-refractivity contribution in [1.29, 1.82) is 0 Å². The van der Waals surface area contributed by atoms with E-state index in [0.717, 1.165) is 0 Å². The molecule has 2 unspecified atom stereocenters. The molecule has 0 aromatic carbocycles. The minimum atomic E-state index is 0.0427. The van der Waals surface area contributed by atoms with Gasteiger partial charge in [0.15, 0.2) is 0 Å². The highest BCUT2D eigenvalue weighted by atomic mass is 32.1. The first-order valence-corrected chi connectivity index (χ1v) is 7.54. The molecule has 3 N–H and O–H groups in total. The zero-order valence-electron chi connectivity index (χ0n) is 11.1. The molecule has 0 spiro atoms. The minimum absolute atomic E-state index is 0.0427. The Hall–Kier alpha value is -0.870. The van der Waals surface area contributed by atoms with E-state index in [4.69, 9.17) is 5.73 Å². The summed E-state index contributed by atoms with van der Waals surface area (Å²) < 4.78 is 0. The van der Waals surface area contributed by atoms with E-state index in [1.165, 1.54) is 17.7 Å². The van der Waals surface area contributed by atoms with Crippen LogP contribution in [0.25, 0.3) is 0 Å². The predicted molar refractivity (Wildman–Crippen MR) is 75.4 cm³/mol. The molecule has 1 aromatic heterocycles. The Morgan fingerprint density at radius 3 is 2.78 bits per heavy atom. The van der Waals surface area contributed by atoms with Gasteiger partial charge >= 0.3 is 0 Å². The van der Waals surface area contributed by atoms with Gasteiger partial charge in [-0.05, 0) is 36.1 Å². The Bertz CT molecular complexity index is 385. The number of carbonyl (C=O) groups is 1. The molecular formula is C14H22N2OS. The van der Waals surface area contributed by atoms with E-state index in [9.17, 15) is 4.79 Å². The summed E-state index contributed by atoms with van der Waals surface area (Å²) in [6.07, 6.45) is 2.83. The molecule has 100 valence electrons. The molecule has 1 aliphatic carbocycles. The van der Waals surface area contributed by atoms with E-state index in [0.29, 0.717) is 18.3 Å². The largest absolute Gasteiger partial charge is 0.348 e. The van der Waals surface area contributed by atoms with Crippen molar-refractivity contribution >= 4 is 17.2 Å². The Morgan fingerprint density at radius 1 is 1.56 bits per heavy atom. The third kappa shape index (κ3) is 3.56. The summed E-state index contributed by atoms with van der Waals surface area (Å²) in [5.74, 6) is 1.06. The van der Waals surface area contributed by atoms with Gasteiger partial charge in [-0.1, -0.05) is 19.9 Å². The van der Waals surface area contributed by atoms with Crippen molar-refractivity contribution in [1.82, 2.24) is 5.32 Å². The molecule has 3 nitrogen and oxygen atoms in total. The van der Waals surface area contributed by atoms with Gasteiger partial charge < -0.3 is 11.1 Å². The van der Waals surface area contributed by atoms with E-state index >= 15 is 0 Å². The highest BCUT2D eigenvalue weighted by molar-refractivity contribution is 7.10. The maximum absolute atomic E-state index is 12.0. The van der Waals surface area contributed by atoms with Gasteiger partial charge in [-0.15, -0.1) is 11.3 Å². The van der Waals surface area contributed by atoms with E-state index in [2.05, 4.69) is 25.2 Å². The third-order valence-electron chi connectivity index (χ3n) is 3.48. The number of nitrogens with two attached hydrogens (primary N) is 1. The van der Waals surface area contributed by atoms with E-state index < -0.39 is 0 Å². The summed E-state index contributed by atoms with van der Waals surface area (Å²) >= 11 is 1.69. The summed E-state index contributed by atoms with van der Waals surface area (Å²) in [5.41, 5.74) is 5.99. The van der Waals surface area contributed by atoms with Gasteiger partial charge in [0.25, 0.3) is 0 Å². The number of hydrogen-bond donors (Lipinski definition) is 2. The molecule has 1 saturated carbocycles. The summed E-state index contributed by atoms with van der Waals surface area (Å²) in [4.78, 5) is 13.2. The van der Waals surface area contributed by atoms with Gasteiger partial charge in [-0.3, -0.25) is 4.79 Å². The Labute approximate surface area is 113 Å². The first-order valence-electron chi connectivity index (χ1n) is 6.66. The molecular weight excluding hydrogens is 244 g/mol. The Balaban J connectivity index is 1.90. The quantitative estimate of drug-likeness (QED) is 0.831. The van der Waals surface area contributed by atoms with Crippen LogP contribution in [0.3, 0.4) is 0 Å². The van der Waals surface area contributed by atoms with Gasteiger partial charge in [-0.25, -0.2) is 0 Å². The van der Waals surface area contributed by atoms with Crippen molar-refractivity contribution in [3.63, 3.8) is 0 Å². The topological polar surface area (TPSA) is 55.1 Å². The summed E-state index contributed by atoms with van der Waals surface area (Å²) in [5, 5.41) is 5.17. The lowest BCUT2D eigenvalue weighted by molar-refractivity contribution is -0.122. The van der Waals surface area contributed by atoms with Crippen LogP contribution in [0.5, 0.6) is 0 Å². The fraction of sp³-hybridized carbons (Fsp3) is 0.643. The van der Waals surface area contributed by atoms with Crippen LogP contribution < -0.4 is 11.1 Å².